The van der Waals surface area contributed by atoms with Gasteiger partial charge in [-0.3, -0.25) is 19.6 Å². The monoisotopic (exact) mass is 478 g/mol. The molecule has 0 aliphatic heterocycles. The van der Waals surface area contributed by atoms with Gasteiger partial charge in [-0.1, -0.05) is 30.4 Å². The molecule has 1 aliphatic carbocycles. The Labute approximate surface area is 194 Å². The number of anilines is 1. The van der Waals surface area contributed by atoms with Crippen molar-refractivity contribution in [2.24, 2.45) is 10.2 Å². The number of hydrogen-bond acceptors (Lipinski definition) is 7. The molecule has 0 fully saturated rings. The van der Waals surface area contributed by atoms with E-state index in [2.05, 4.69) is 15.0 Å². The molecule has 10 nitrogen and oxygen atoms in total. The molecule has 4 rings (SSSR count). The van der Waals surface area contributed by atoms with Gasteiger partial charge >= 0.3 is 0 Å². The number of nitro groups is 1. The molecule has 3 aromatic carbocycles. The highest BCUT2D eigenvalue weighted by atomic mass is 32.2. The van der Waals surface area contributed by atoms with Crippen LogP contribution in [0.5, 0.6) is 5.75 Å². The van der Waals surface area contributed by atoms with E-state index in [4.69, 9.17) is 0 Å². The number of sulfonamides is 1. The average Bonchev–Trinajstić information content (AvgIpc) is 2.85. The molecule has 0 saturated heterocycles. The van der Waals surface area contributed by atoms with Crippen molar-refractivity contribution in [2.45, 2.75) is 17.7 Å². The molecule has 0 bridgehead atoms. The maximum Gasteiger partial charge on any atom is 0.295 e. The smallest absolute Gasteiger partial charge is 0.295 e. The van der Waals surface area contributed by atoms with Crippen molar-refractivity contribution in [3.05, 3.63) is 99.6 Å². The van der Waals surface area contributed by atoms with Crippen molar-refractivity contribution in [2.75, 3.05) is 4.72 Å². The van der Waals surface area contributed by atoms with Gasteiger partial charge in [0.25, 0.3) is 21.6 Å². The Kier molecular flexibility index (Phi) is 6.19. The number of nitro benzene ring substituents is 1. The lowest BCUT2D eigenvalue weighted by molar-refractivity contribution is -0.384. The van der Waals surface area contributed by atoms with E-state index in [1.807, 2.05) is 12.2 Å². The third-order valence-corrected chi connectivity index (χ3v) is 6.56. The summed E-state index contributed by atoms with van der Waals surface area (Å²) in [6.45, 7) is 0. The quantitative estimate of drug-likeness (QED) is 0.173. The number of phenolic OH excluding ortho intramolecular Hbond substituents is 1. The Morgan fingerprint density at radius 2 is 1.65 bits per heavy atom. The minimum Gasteiger partial charge on any atom is -0.505 e. The summed E-state index contributed by atoms with van der Waals surface area (Å²) in [6.07, 6.45) is 4.44. The number of allylic oxidation sites excluding steroid dienone is 2. The van der Waals surface area contributed by atoms with Crippen LogP contribution in [0.25, 0.3) is 0 Å². The van der Waals surface area contributed by atoms with Gasteiger partial charge in [0.05, 0.1) is 15.5 Å². The minimum atomic E-state index is -3.91. The fourth-order valence-corrected chi connectivity index (χ4v) is 4.57. The van der Waals surface area contributed by atoms with Gasteiger partial charge in [-0.05, 0) is 48.7 Å². The number of nitrogens with one attached hydrogen (secondary N) is 1. The lowest BCUT2D eigenvalue weighted by atomic mass is 9.93. The molecule has 0 spiro atoms. The van der Waals surface area contributed by atoms with Gasteiger partial charge in [-0.2, -0.15) is 0 Å². The molecular formula is C23H18N4O6S. The Morgan fingerprint density at radius 3 is 2.29 bits per heavy atom. The van der Waals surface area contributed by atoms with Gasteiger partial charge in [-0.15, -0.1) is 10.2 Å². The molecule has 0 aromatic heterocycles. The number of phenols is 1. The molecule has 1 aliphatic rings. The molecule has 0 saturated carbocycles. The van der Waals surface area contributed by atoms with E-state index in [1.165, 1.54) is 42.5 Å². The maximum atomic E-state index is 12.9. The van der Waals surface area contributed by atoms with Gasteiger partial charge in [0.1, 0.15) is 11.4 Å². The van der Waals surface area contributed by atoms with E-state index < -0.39 is 20.9 Å². The average molecular weight is 478 g/mol. The normalized spacial score (nSPS) is 12.9. The Hall–Kier alpha value is -4.38. The van der Waals surface area contributed by atoms with Crippen LogP contribution in [0.3, 0.4) is 0 Å². The summed E-state index contributed by atoms with van der Waals surface area (Å²) in [5.41, 5.74) is 1.10. The molecular weight excluding hydrogens is 460 g/mol. The number of amides is 1. The Bertz CT molecular complexity index is 1430. The molecule has 172 valence electrons. The lowest BCUT2D eigenvalue weighted by Gasteiger charge is -2.19. The van der Waals surface area contributed by atoms with Crippen LogP contribution in [-0.4, -0.2) is 24.4 Å². The van der Waals surface area contributed by atoms with Crippen molar-refractivity contribution >= 4 is 33.0 Å². The summed E-state index contributed by atoms with van der Waals surface area (Å²) in [7, 11) is -3.91. The summed E-state index contributed by atoms with van der Waals surface area (Å²) in [4.78, 5) is 22.6. The van der Waals surface area contributed by atoms with Crippen molar-refractivity contribution < 1.29 is 23.2 Å². The number of nitrogens with zero attached hydrogens (tertiary/aromatic N) is 3. The number of benzene rings is 3. The van der Waals surface area contributed by atoms with Crippen LogP contribution in [0.2, 0.25) is 0 Å². The summed E-state index contributed by atoms with van der Waals surface area (Å²) < 4.78 is 28.3. The number of azo groups is 1. The van der Waals surface area contributed by atoms with E-state index in [9.17, 15) is 28.4 Å². The zero-order chi connectivity index (χ0) is 24.3. The predicted octanol–water partition coefficient (Wildman–Crippen LogP) is 4.68. The van der Waals surface area contributed by atoms with Crippen molar-refractivity contribution in [1.29, 1.82) is 0 Å². The van der Waals surface area contributed by atoms with Crippen LogP contribution in [0.1, 0.15) is 21.5 Å². The van der Waals surface area contributed by atoms with Crippen LogP contribution < -0.4 is 4.72 Å². The number of fused-ring (bicyclic) bond motifs is 1. The van der Waals surface area contributed by atoms with Gasteiger partial charge in [0.15, 0.2) is 0 Å². The van der Waals surface area contributed by atoms with Crippen molar-refractivity contribution in [1.82, 2.24) is 0 Å². The molecule has 0 atom stereocenters. The van der Waals surface area contributed by atoms with E-state index in [0.29, 0.717) is 24.0 Å². The second-order valence-electron chi connectivity index (χ2n) is 7.36. The van der Waals surface area contributed by atoms with Crippen molar-refractivity contribution in [3.63, 3.8) is 0 Å². The molecule has 0 unspecified atom stereocenters. The second kappa shape index (κ2) is 9.24. The number of carbonyl (C=O) groups is 1. The minimum absolute atomic E-state index is 0.0692. The van der Waals surface area contributed by atoms with Gasteiger partial charge < -0.3 is 5.11 Å². The zero-order valence-electron chi connectivity index (χ0n) is 17.6. The van der Waals surface area contributed by atoms with Crippen molar-refractivity contribution in [3.8, 4) is 5.75 Å². The van der Waals surface area contributed by atoms with E-state index in [0.717, 1.165) is 0 Å². The fourth-order valence-electron chi connectivity index (χ4n) is 3.46. The predicted molar refractivity (Wildman–Crippen MR) is 124 cm³/mol. The van der Waals surface area contributed by atoms with Gasteiger partial charge in [-0.25, -0.2) is 8.42 Å². The number of non-ortho nitro benzene ring substituents is 1. The topological polar surface area (TPSA) is 151 Å². The molecule has 2 N–H and O–H groups in total. The Morgan fingerprint density at radius 1 is 1.00 bits per heavy atom. The first-order chi connectivity index (χ1) is 16.3. The van der Waals surface area contributed by atoms with Crippen LogP contribution in [0.4, 0.5) is 17.1 Å². The number of carbonyl (C=O) groups excluding carboxylic acids is 1. The summed E-state index contributed by atoms with van der Waals surface area (Å²) in [5, 5.41) is 28.9. The third kappa shape index (κ3) is 4.69. The first kappa shape index (κ1) is 22.8. The second-order valence-corrected chi connectivity index (χ2v) is 9.04. The van der Waals surface area contributed by atoms with Gasteiger partial charge in [0, 0.05) is 23.3 Å². The third-order valence-electron chi connectivity index (χ3n) is 5.18. The van der Waals surface area contributed by atoms with Crippen LogP contribution in [-0.2, 0) is 22.9 Å². The molecule has 0 heterocycles. The molecule has 1 amide bonds. The highest BCUT2D eigenvalue weighted by molar-refractivity contribution is 7.92. The summed E-state index contributed by atoms with van der Waals surface area (Å²) >= 11 is 0. The standard InChI is InChI=1S/C23H18N4O6S/c28-22-19-9-5-4-8-18(19)20(26-34(32,33)17-6-2-1-3-7-17)14-21(22)24-25-23(29)15-10-12-16(13-11-15)27(30)31/h1-7,10-14,26,28H,8-9H2. The van der Waals surface area contributed by atoms with E-state index in [1.54, 1.807) is 18.2 Å². The molecule has 34 heavy (non-hydrogen) atoms. The van der Waals surface area contributed by atoms with E-state index >= 15 is 0 Å². The highest BCUT2D eigenvalue weighted by Gasteiger charge is 2.22. The number of rotatable bonds is 6. The molecule has 3 aromatic rings. The van der Waals surface area contributed by atoms with Gasteiger partial charge in [0.2, 0.25) is 0 Å². The largest absolute Gasteiger partial charge is 0.505 e. The highest BCUT2D eigenvalue weighted by Crippen LogP contribution is 2.41. The zero-order valence-corrected chi connectivity index (χ0v) is 18.4. The Balaban J connectivity index is 1.68. The summed E-state index contributed by atoms with van der Waals surface area (Å²) in [6, 6.07) is 14.0. The van der Waals surface area contributed by atoms with E-state index in [-0.39, 0.29) is 33.3 Å². The molecule has 0 radical (unpaired) electrons. The lowest BCUT2D eigenvalue weighted by Crippen LogP contribution is -2.15. The number of aromatic hydroxyl groups is 1. The summed E-state index contributed by atoms with van der Waals surface area (Å²) in [5.74, 6) is -0.986. The van der Waals surface area contributed by atoms with Crippen LogP contribution >= 0.6 is 0 Å². The maximum absolute atomic E-state index is 12.9. The first-order valence-corrected chi connectivity index (χ1v) is 11.6. The SMILES string of the molecule is O=C(N=Nc1cc(NS(=O)(=O)c2ccccc2)c2c(c1O)CC=CC2)c1ccc([N+](=O)[O-])cc1. The van der Waals surface area contributed by atoms with Crippen LogP contribution in [0.15, 0.2) is 87.9 Å². The molecule has 11 heteroatoms. The first-order valence-electron chi connectivity index (χ1n) is 10.1. The van der Waals surface area contributed by atoms with Crippen LogP contribution in [0, 0.1) is 10.1 Å². The fraction of sp³-hybridized carbons (Fsp3) is 0.0870. The number of hydrogen-bond donors (Lipinski definition) is 2.